The minimum atomic E-state index is -4.44. The number of nitrogens with one attached hydrogen (secondary N) is 1. The molecule has 1 aliphatic rings. The highest BCUT2D eigenvalue weighted by molar-refractivity contribution is 5.93. The van der Waals surface area contributed by atoms with Gasteiger partial charge in [-0.1, -0.05) is 0 Å². The van der Waals surface area contributed by atoms with Crippen LogP contribution in [0.3, 0.4) is 0 Å². The van der Waals surface area contributed by atoms with Crippen molar-refractivity contribution in [3.8, 4) is 0 Å². The minimum Gasteiger partial charge on any atom is -0.477 e. The number of nitrogens with zero attached hydrogens (tertiary/aromatic N) is 2. The van der Waals surface area contributed by atoms with Crippen LogP contribution in [-0.4, -0.2) is 33.1 Å². The second kappa shape index (κ2) is 3.64. The van der Waals surface area contributed by atoms with Crippen molar-refractivity contribution >= 4 is 11.8 Å². The third kappa shape index (κ3) is 1.94. The van der Waals surface area contributed by atoms with E-state index in [1.165, 1.54) is 0 Å². The molecule has 2 heterocycles. The summed E-state index contributed by atoms with van der Waals surface area (Å²) in [6, 6.07) is -2.23. The number of carbonyl (C=O) groups is 1. The fourth-order valence-electron chi connectivity index (χ4n) is 1.90. The van der Waals surface area contributed by atoms with Crippen molar-refractivity contribution in [3.05, 3.63) is 11.8 Å². The van der Waals surface area contributed by atoms with Gasteiger partial charge in [0.2, 0.25) is 0 Å². The van der Waals surface area contributed by atoms with Gasteiger partial charge >= 0.3 is 12.1 Å². The Balaban J connectivity index is 2.49. The standard InChI is InChI=1S/C9H10F3N3O2/c1-4-2-6(9(10,11)12)15-7(14-4)5(3-13-15)8(16)17/h3-4,6,14H,2H2,1H3,(H,16,17)/t4-,6-/m0/s1. The summed E-state index contributed by atoms with van der Waals surface area (Å²) in [5.41, 5.74) is -0.245. The first-order valence-corrected chi connectivity index (χ1v) is 4.94. The summed E-state index contributed by atoms with van der Waals surface area (Å²) in [5.74, 6) is -1.38. The molecule has 0 unspecified atom stereocenters. The molecular formula is C9H10F3N3O2. The van der Waals surface area contributed by atoms with Gasteiger partial charge in [0.15, 0.2) is 6.04 Å². The van der Waals surface area contributed by atoms with Gasteiger partial charge in [-0.2, -0.15) is 18.3 Å². The molecule has 1 aromatic rings. The number of carboxylic acids is 1. The van der Waals surface area contributed by atoms with Crippen LogP contribution < -0.4 is 5.32 Å². The Kier molecular flexibility index (Phi) is 2.52. The van der Waals surface area contributed by atoms with E-state index in [-0.39, 0.29) is 17.8 Å². The number of aromatic carboxylic acids is 1. The number of rotatable bonds is 1. The van der Waals surface area contributed by atoms with E-state index in [0.29, 0.717) is 4.68 Å². The van der Waals surface area contributed by atoms with Crippen LogP contribution in [0.25, 0.3) is 0 Å². The first-order valence-electron chi connectivity index (χ1n) is 4.94. The summed E-state index contributed by atoms with van der Waals surface area (Å²) >= 11 is 0. The highest BCUT2D eigenvalue weighted by Crippen LogP contribution is 2.39. The maximum atomic E-state index is 12.8. The van der Waals surface area contributed by atoms with Crippen molar-refractivity contribution in [2.24, 2.45) is 0 Å². The molecule has 94 valence electrons. The number of halogens is 3. The summed E-state index contributed by atoms with van der Waals surface area (Å²) in [6.07, 6.45) is -3.68. The van der Waals surface area contributed by atoms with Gasteiger partial charge in [-0.15, -0.1) is 0 Å². The fourth-order valence-corrected chi connectivity index (χ4v) is 1.90. The lowest BCUT2D eigenvalue weighted by atomic mass is 10.1. The van der Waals surface area contributed by atoms with Crippen molar-refractivity contribution in [1.82, 2.24) is 9.78 Å². The molecule has 0 saturated carbocycles. The van der Waals surface area contributed by atoms with Gasteiger partial charge in [-0.05, 0) is 13.3 Å². The highest BCUT2D eigenvalue weighted by Gasteiger charge is 2.46. The number of carboxylic acid groups (broad SMARTS) is 1. The van der Waals surface area contributed by atoms with E-state index in [9.17, 15) is 18.0 Å². The number of hydrogen-bond donors (Lipinski definition) is 2. The molecule has 0 saturated heterocycles. The van der Waals surface area contributed by atoms with Gasteiger partial charge in [0.25, 0.3) is 0 Å². The van der Waals surface area contributed by atoms with Crippen molar-refractivity contribution in [2.45, 2.75) is 31.6 Å². The van der Waals surface area contributed by atoms with Crippen LogP contribution in [0.5, 0.6) is 0 Å². The first kappa shape index (κ1) is 11.7. The number of anilines is 1. The molecule has 5 nitrogen and oxygen atoms in total. The zero-order chi connectivity index (χ0) is 12.8. The van der Waals surface area contributed by atoms with Crippen LogP contribution in [0.4, 0.5) is 19.0 Å². The van der Waals surface area contributed by atoms with E-state index in [1.807, 2.05) is 0 Å². The molecule has 0 radical (unpaired) electrons. The van der Waals surface area contributed by atoms with Crippen molar-refractivity contribution < 1.29 is 23.1 Å². The van der Waals surface area contributed by atoms with Gasteiger partial charge in [-0.25, -0.2) is 9.48 Å². The van der Waals surface area contributed by atoms with Crippen molar-refractivity contribution in [1.29, 1.82) is 0 Å². The number of alkyl halides is 3. The molecule has 17 heavy (non-hydrogen) atoms. The third-order valence-electron chi connectivity index (χ3n) is 2.66. The lowest BCUT2D eigenvalue weighted by molar-refractivity contribution is -0.173. The van der Waals surface area contributed by atoms with Gasteiger partial charge in [-0.3, -0.25) is 0 Å². The molecule has 8 heteroatoms. The Morgan fingerprint density at radius 3 is 2.82 bits per heavy atom. The topological polar surface area (TPSA) is 67.2 Å². The molecule has 2 atom stereocenters. The third-order valence-corrected chi connectivity index (χ3v) is 2.66. The van der Waals surface area contributed by atoms with Crippen LogP contribution in [0.15, 0.2) is 6.20 Å². The molecule has 2 rings (SSSR count). The van der Waals surface area contributed by atoms with Crippen LogP contribution in [0.1, 0.15) is 29.7 Å². The molecule has 1 aromatic heterocycles. The summed E-state index contributed by atoms with van der Waals surface area (Å²) in [5, 5.41) is 15.1. The zero-order valence-corrected chi connectivity index (χ0v) is 8.82. The Labute approximate surface area is 94.2 Å². The molecule has 0 amide bonds. The Hall–Kier alpha value is -1.73. The van der Waals surface area contributed by atoms with Crippen LogP contribution in [0.2, 0.25) is 0 Å². The Morgan fingerprint density at radius 1 is 1.65 bits per heavy atom. The fraction of sp³-hybridized carbons (Fsp3) is 0.556. The smallest absolute Gasteiger partial charge is 0.410 e. The average molecular weight is 249 g/mol. The quantitative estimate of drug-likeness (QED) is 0.797. The first-order chi connectivity index (χ1) is 7.80. The summed E-state index contributed by atoms with van der Waals surface area (Å²) in [6.45, 7) is 1.57. The second-order valence-corrected chi connectivity index (χ2v) is 4.00. The molecule has 0 bridgehead atoms. The number of fused-ring (bicyclic) bond motifs is 1. The molecule has 0 aliphatic carbocycles. The molecule has 0 fully saturated rings. The zero-order valence-electron chi connectivity index (χ0n) is 8.82. The van der Waals surface area contributed by atoms with E-state index < -0.39 is 24.2 Å². The van der Waals surface area contributed by atoms with Gasteiger partial charge in [0.1, 0.15) is 11.4 Å². The molecule has 0 aromatic carbocycles. The van der Waals surface area contributed by atoms with Gasteiger partial charge in [0, 0.05) is 6.04 Å². The van der Waals surface area contributed by atoms with Crippen molar-refractivity contribution in [2.75, 3.05) is 5.32 Å². The maximum Gasteiger partial charge on any atom is 0.410 e. The average Bonchev–Trinajstić information content (AvgIpc) is 2.57. The monoisotopic (exact) mass is 249 g/mol. The normalized spacial score (nSPS) is 24.0. The summed E-state index contributed by atoms with van der Waals surface area (Å²) in [7, 11) is 0. The van der Waals surface area contributed by atoms with Crippen LogP contribution in [0, 0.1) is 0 Å². The lowest BCUT2D eigenvalue weighted by Gasteiger charge is -2.31. The summed E-state index contributed by atoms with van der Waals surface area (Å²) in [4.78, 5) is 10.8. The van der Waals surface area contributed by atoms with Crippen LogP contribution >= 0.6 is 0 Å². The van der Waals surface area contributed by atoms with Gasteiger partial charge < -0.3 is 10.4 Å². The largest absolute Gasteiger partial charge is 0.477 e. The minimum absolute atomic E-state index is 0.0847. The van der Waals surface area contributed by atoms with Crippen LogP contribution in [-0.2, 0) is 0 Å². The van der Waals surface area contributed by atoms with E-state index in [0.717, 1.165) is 6.20 Å². The number of aromatic nitrogens is 2. The van der Waals surface area contributed by atoms with Gasteiger partial charge in [0.05, 0.1) is 6.20 Å². The maximum absolute atomic E-state index is 12.8. The van der Waals surface area contributed by atoms with E-state index in [1.54, 1.807) is 6.92 Å². The SMILES string of the molecule is C[C@H]1C[C@@H](C(F)(F)F)n2ncc(C(=O)O)c2N1. The Bertz CT molecular complexity index is 455. The molecule has 0 spiro atoms. The van der Waals surface area contributed by atoms with Crippen molar-refractivity contribution in [3.63, 3.8) is 0 Å². The molecular weight excluding hydrogens is 239 g/mol. The van der Waals surface area contributed by atoms with E-state index in [2.05, 4.69) is 10.4 Å². The predicted molar refractivity (Wildman–Crippen MR) is 52.0 cm³/mol. The lowest BCUT2D eigenvalue weighted by Crippen LogP contribution is -2.38. The number of hydrogen-bond acceptors (Lipinski definition) is 3. The van der Waals surface area contributed by atoms with E-state index in [4.69, 9.17) is 5.11 Å². The highest BCUT2D eigenvalue weighted by atomic mass is 19.4. The summed E-state index contributed by atoms with van der Waals surface area (Å²) < 4.78 is 39.0. The predicted octanol–water partition coefficient (Wildman–Crippen LogP) is 1.89. The van der Waals surface area contributed by atoms with E-state index >= 15 is 0 Å². The molecule has 1 aliphatic heterocycles. The molecule has 2 N–H and O–H groups in total. The Morgan fingerprint density at radius 2 is 2.29 bits per heavy atom. The second-order valence-electron chi connectivity index (χ2n) is 4.00.